The molecular weight excluding hydrogens is 645 g/mol. The number of likely N-dealkylation sites (N-methyl/N-ethyl adjacent to an activating group) is 1. The van der Waals surface area contributed by atoms with E-state index in [1.165, 1.54) is 33.2 Å². The number of amides is 1. The van der Waals surface area contributed by atoms with Crippen molar-refractivity contribution >= 4 is 62.4 Å². The molecule has 3 heterocycles. The van der Waals surface area contributed by atoms with Crippen molar-refractivity contribution in [3.05, 3.63) is 65.0 Å². The summed E-state index contributed by atoms with van der Waals surface area (Å²) < 4.78 is 52.2. The minimum Gasteiger partial charge on any atom is -0.494 e. The van der Waals surface area contributed by atoms with Crippen LogP contribution in [0.1, 0.15) is 25.8 Å². The molecule has 0 spiro atoms. The highest BCUT2D eigenvalue weighted by Gasteiger charge is 2.31. The van der Waals surface area contributed by atoms with Crippen molar-refractivity contribution < 1.29 is 35.8 Å². The van der Waals surface area contributed by atoms with E-state index in [1.54, 1.807) is 18.2 Å². The number of nitrogens with zero attached hydrogens (tertiary/aromatic N) is 4. The number of aliphatic hydroxyl groups is 1. The number of ether oxygens (including phenoxy) is 1. The lowest BCUT2D eigenvalue weighted by molar-refractivity contribution is -0.114. The molecule has 0 bridgehead atoms. The zero-order valence-electron chi connectivity index (χ0n) is 25.6. The Hall–Kier alpha value is -4.38. The molecule has 2 aliphatic heterocycles. The Morgan fingerprint density at radius 2 is 1.96 bits per heavy atom. The number of aromatic nitrogens is 2. The van der Waals surface area contributed by atoms with E-state index >= 15 is 0 Å². The van der Waals surface area contributed by atoms with Gasteiger partial charge >= 0.3 is 10.4 Å². The highest BCUT2D eigenvalue weighted by Crippen LogP contribution is 2.40. The fourth-order valence-electron chi connectivity index (χ4n) is 5.01. The minimum atomic E-state index is -4.34. The monoisotopic (exact) mass is 677 g/mol. The molecule has 1 saturated heterocycles. The number of rotatable bonds is 10. The smallest absolute Gasteiger partial charge is 0.494 e. The summed E-state index contributed by atoms with van der Waals surface area (Å²) in [6.45, 7) is 4.39. The lowest BCUT2D eigenvalue weighted by atomic mass is 9.96. The Morgan fingerprint density at radius 1 is 1.20 bits per heavy atom. The predicted octanol–water partition coefficient (Wildman–Crippen LogP) is 4.20. The molecule has 246 valence electrons. The molecular formula is C29H33ClFN7O7S. The van der Waals surface area contributed by atoms with Crippen LogP contribution in [0, 0.1) is 5.82 Å². The Balaban J connectivity index is 1.47. The molecule has 1 atom stereocenters. The zero-order chi connectivity index (χ0) is 33.4. The van der Waals surface area contributed by atoms with E-state index in [0.717, 1.165) is 18.7 Å². The quantitative estimate of drug-likeness (QED) is 0.241. The number of benzene rings is 2. The molecule has 5 rings (SSSR count). The van der Waals surface area contributed by atoms with Gasteiger partial charge in [-0.25, -0.2) is 9.37 Å². The third kappa shape index (κ3) is 7.36. The molecule has 1 fully saturated rings. The number of hydrogen-bond acceptors (Lipinski definition) is 13. The normalized spacial score (nSPS) is 17.3. The van der Waals surface area contributed by atoms with E-state index in [0.29, 0.717) is 47.4 Å². The molecule has 2 aliphatic rings. The second kappa shape index (κ2) is 12.8. The second-order valence-electron chi connectivity index (χ2n) is 11.3. The Bertz CT molecular complexity index is 1800. The van der Waals surface area contributed by atoms with Gasteiger partial charge in [0.1, 0.15) is 17.4 Å². The number of nitrogens with one attached hydrogen (secondary N) is 3. The van der Waals surface area contributed by atoms with Crippen LogP contribution in [0.3, 0.4) is 0 Å². The van der Waals surface area contributed by atoms with Crippen LogP contribution >= 0.6 is 11.6 Å². The van der Waals surface area contributed by atoms with E-state index in [4.69, 9.17) is 16.3 Å². The van der Waals surface area contributed by atoms with Gasteiger partial charge in [0.2, 0.25) is 11.7 Å². The van der Waals surface area contributed by atoms with Gasteiger partial charge in [-0.2, -0.15) is 4.98 Å². The maximum absolute atomic E-state index is 14.2. The Morgan fingerprint density at radius 3 is 2.59 bits per heavy atom. The van der Waals surface area contributed by atoms with Gasteiger partial charge in [0.05, 0.1) is 34.8 Å². The minimum absolute atomic E-state index is 0.126. The van der Waals surface area contributed by atoms with Crippen molar-refractivity contribution in [2.24, 2.45) is 0 Å². The van der Waals surface area contributed by atoms with Crippen molar-refractivity contribution in [1.29, 1.82) is 0 Å². The summed E-state index contributed by atoms with van der Waals surface area (Å²) in [5.41, 5.74) is 0.534. The van der Waals surface area contributed by atoms with Crippen LogP contribution in [0.25, 0.3) is 0 Å². The number of carbonyl (C=O) groups excluding carboxylic acids is 1. The van der Waals surface area contributed by atoms with Crippen LogP contribution in [-0.2, 0) is 29.2 Å². The summed E-state index contributed by atoms with van der Waals surface area (Å²) >= 11 is 6.02. The van der Waals surface area contributed by atoms with Crippen LogP contribution in [-0.4, -0.2) is 74.6 Å². The van der Waals surface area contributed by atoms with Crippen molar-refractivity contribution in [3.8, 4) is 5.75 Å². The largest absolute Gasteiger partial charge is 0.500 e. The first-order valence-electron chi connectivity index (χ1n) is 14.0. The van der Waals surface area contributed by atoms with Gasteiger partial charge in [-0.15, -0.1) is 8.42 Å². The molecule has 0 radical (unpaired) electrons. The third-order valence-corrected chi connectivity index (χ3v) is 8.38. The summed E-state index contributed by atoms with van der Waals surface area (Å²) in [6.07, 6.45) is 3.08. The van der Waals surface area contributed by atoms with Crippen LogP contribution in [0.4, 0.5) is 38.9 Å². The fourth-order valence-corrected chi connectivity index (χ4v) is 5.75. The van der Waals surface area contributed by atoms with Crippen LogP contribution in [0.15, 0.2) is 48.5 Å². The molecule has 3 aromatic rings. The second-order valence-corrected chi connectivity index (χ2v) is 12.9. The van der Waals surface area contributed by atoms with Gasteiger partial charge in [-0.3, -0.25) is 4.79 Å². The summed E-state index contributed by atoms with van der Waals surface area (Å²) in [7, 11) is 1.14. The van der Waals surface area contributed by atoms with Crippen LogP contribution < -0.4 is 25.6 Å². The lowest BCUT2D eigenvalue weighted by Gasteiger charge is -2.25. The maximum Gasteiger partial charge on any atom is 0.500 e. The summed E-state index contributed by atoms with van der Waals surface area (Å²) in [5.74, 6) is -1.22. The van der Waals surface area contributed by atoms with Crippen molar-refractivity contribution in [3.63, 3.8) is 0 Å². The fraction of sp³-hybridized carbons (Fsp3) is 0.345. The van der Waals surface area contributed by atoms with Gasteiger partial charge in [0, 0.05) is 42.6 Å². The summed E-state index contributed by atoms with van der Waals surface area (Å²) in [6, 6.07) is 7.70. The Kier molecular flexibility index (Phi) is 9.17. The number of anilines is 6. The van der Waals surface area contributed by atoms with E-state index < -0.39 is 33.5 Å². The van der Waals surface area contributed by atoms with Gasteiger partial charge in [0.15, 0.2) is 6.26 Å². The Labute approximate surface area is 270 Å². The molecule has 17 heteroatoms. The zero-order valence-corrected chi connectivity index (χ0v) is 27.2. The van der Waals surface area contributed by atoms with Gasteiger partial charge in [-0.05, 0) is 58.6 Å². The van der Waals surface area contributed by atoms with Gasteiger partial charge < -0.3 is 44.0 Å². The molecule has 4 N–H and O–H groups in total. The summed E-state index contributed by atoms with van der Waals surface area (Å²) in [5, 5.41) is 19.3. The molecule has 1 aromatic heterocycles. The topological polar surface area (TPSA) is 167 Å². The van der Waals surface area contributed by atoms with Gasteiger partial charge in [0.25, 0.3) is 5.91 Å². The molecule has 2 aromatic carbocycles. The van der Waals surface area contributed by atoms with Crippen molar-refractivity contribution in [1.82, 2.24) is 14.9 Å². The van der Waals surface area contributed by atoms with E-state index in [1.807, 2.05) is 14.1 Å². The molecule has 46 heavy (non-hydrogen) atoms. The van der Waals surface area contributed by atoms with Gasteiger partial charge in [-0.1, -0.05) is 11.6 Å². The lowest BCUT2D eigenvalue weighted by Crippen LogP contribution is -2.32. The maximum atomic E-state index is 14.2. The average Bonchev–Trinajstić information content (AvgIpc) is 3.61. The highest BCUT2D eigenvalue weighted by molar-refractivity contribution is 7.82. The first-order valence-corrected chi connectivity index (χ1v) is 15.7. The van der Waals surface area contributed by atoms with E-state index in [-0.39, 0.29) is 22.6 Å². The molecule has 0 saturated carbocycles. The van der Waals surface area contributed by atoms with Crippen molar-refractivity contribution in [2.45, 2.75) is 31.9 Å². The number of methoxy groups -OCH3 is 1. The first-order chi connectivity index (χ1) is 21.6. The standard InChI is InChI=1S/C29H33ClFN7O7S/c1-29(2,40)17-10-19(31)18(30)11-20(17)33-26-6-8-32-28(36-26)35-22-12-21(34-27(39)25-15-44-46(41,42)45-25)23(13-24(22)43-5)38-9-7-16(14-38)37(3)4/h6,8,10-13,15-16,40H,7,9,14H2,1-5H3,(H,34,39)(H2,32,33,35,36)/t16-/m1/s1. The van der Waals surface area contributed by atoms with Crippen LogP contribution in [0.2, 0.25) is 5.02 Å². The molecule has 14 nitrogen and oxygen atoms in total. The first kappa shape index (κ1) is 33.0. The average molecular weight is 678 g/mol. The predicted molar refractivity (Wildman–Crippen MR) is 170 cm³/mol. The molecule has 0 unspecified atom stereocenters. The third-order valence-electron chi connectivity index (χ3n) is 7.37. The number of carbonyl (C=O) groups is 1. The highest BCUT2D eigenvalue weighted by atomic mass is 35.5. The number of hydrogen-bond donors (Lipinski definition) is 4. The summed E-state index contributed by atoms with van der Waals surface area (Å²) in [4.78, 5) is 26.0. The van der Waals surface area contributed by atoms with E-state index in [9.17, 15) is 22.7 Å². The van der Waals surface area contributed by atoms with E-state index in [2.05, 4.69) is 44.1 Å². The molecule has 0 aliphatic carbocycles. The SMILES string of the molecule is COc1cc(N2CC[C@@H](N(C)C)C2)c(NC(=O)C2=COS(=O)(=O)O2)cc1Nc1nccc(Nc2cc(Cl)c(F)cc2C(C)(C)O)n1. The van der Waals surface area contributed by atoms with Crippen LogP contribution in [0.5, 0.6) is 5.75 Å². The molecule has 1 amide bonds. The van der Waals surface area contributed by atoms with Crippen molar-refractivity contribution in [2.75, 3.05) is 55.1 Å². The number of halogens is 2.